The molecular formula is C15H14FN3O. The average Bonchev–Trinajstić information content (AvgIpc) is 2.93. The SMILES string of the molecule is Cn1c(-c2conc2C2CCC2)nc2cc(F)ccc21. The third kappa shape index (κ3) is 1.59. The molecule has 0 saturated heterocycles. The van der Waals surface area contributed by atoms with Gasteiger partial charge in [-0.15, -0.1) is 0 Å². The molecule has 1 aliphatic carbocycles. The molecule has 0 bridgehead atoms. The van der Waals surface area contributed by atoms with Crippen LogP contribution in [0.15, 0.2) is 29.0 Å². The Bertz CT molecular complexity index is 786. The Morgan fingerprint density at radius 2 is 2.20 bits per heavy atom. The van der Waals surface area contributed by atoms with Gasteiger partial charge in [0.2, 0.25) is 0 Å². The zero-order chi connectivity index (χ0) is 13.7. The first-order valence-corrected chi connectivity index (χ1v) is 6.80. The molecule has 1 aromatic carbocycles. The van der Waals surface area contributed by atoms with E-state index >= 15 is 0 Å². The molecule has 0 amide bonds. The van der Waals surface area contributed by atoms with Crippen molar-refractivity contribution >= 4 is 11.0 Å². The van der Waals surface area contributed by atoms with Crippen molar-refractivity contribution in [1.82, 2.24) is 14.7 Å². The summed E-state index contributed by atoms with van der Waals surface area (Å²) in [6.07, 6.45) is 5.19. The van der Waals surface area contributed by atoms with E-state index in [1.807, 2.05) is 11.6 Å². The third-order valence-electron chi connectivity index (χ3n) is 4.17. The first-order valence-electron chi connectivity index (χ1n) is 6.80. The predicted octanol–water partition coefficient (Wildman–Crippen LogP) is 3.63. The minimum Gasteiger partial charge on any atom is -0.364 e. The van der Waals surface area contributed by atoms with Gasteiger partial charge in [0.25, 0.3) is 0 Å². The van der Waals surface area contributed by atoms with Gasteiger partial charge in [-0.1, -0.05) is 11.6 Å². The molecule has 1 fully saturated rings. The Morgan fingerprint density at radius 1 is 1.35 bits per heavy atom. The van der Waals surface area contributed by atoms with Gasteiger partial charge in [0.05, 0.1) is 22.3 Å². The van der Waals surface area contributed by atoms with Crippen molar-refractivity contribution in [2.24, 2.45) is 7.05 Å². The molecule has 3 aromatic rings. The number of aryl methyl sites for hydroxylation is 1. The molecule has 0 spiro atoms. The summed E-state index contributed by atoms with van der Waals surface area (Å²) in [5.74, 6) is 0.987. The molecule has 2 aromatic heterocycles. The highest BCUT2D eigenvalue weighted by atomic mass is 19.1. The van der Waals surface area contributed by atoms with Crippen molar-refractivity contribution < 1.29 is 8.91 Å². The van der Waals surface area contributed by atoms with Crippen LogP contribution < -0.4 is 0 Å². The molecule has 0 aliphatic heterocycles. The average molecular weight is 271 g/mol. The normalized spacial score (nSPS) is 15.7. The van der Waals surface area contributed by atoms with Crippen molar-refractivity contribution in [1.29, 1.82) is 0 Å². The standard InChI is InChI=1S/C15H14FN3O/c1-19-13-6-5-10(16)7-12(13)17-15(19)11-8-20-18-14(11)9-3-2-4-9/h5-9H,2-4H2,1H3. The van der Waals surface area contributed by atoms with Crippen LogP contribution in [0.25, 0.3) is 22.4 Å². The number of rotatable bonds is 2. The lowest BCUT2D eigenvalue weighted by Crippen LogP contribution is -2.10. The maximum atomic E-state index is 13.3. The quantitative estimate of drug-likeness (QED) is 0.714. The summed E-state index contributed by atoms with van der Waals surface area (Å²) in [6, 6.07) is 4.65. The molecule has 0 atom stereocenters. The zero-order valence-electron chi connectivity index (χ0n) is 11.1. The maximum Gasteiger partial charge on any atom is 0.146 e. The molecule has 1 aliphatic rings. The molecule has 0 N–H and O–H groups in total. The summed E-state index contributed by atoms with van der Waals surface area (Å²) >= 11 is 0. The molecule has 2 heterocycles. The van der Waals surface area contributed by atoms with Crippen LogP contribution in [-0.2, 0) is 7.05 Å². The molecule has 1 saturated carbocycles. The summed E-state index contributed by atoms with van der Waals surface area (Å²) in [6.45, 7) is 0. The highest BCUT2D eigenvalue weighted by molar-refractivity contribution is 5.80. The highest BCUT2D eigenvalue weighted by Gasteiger charge is 2.27. The van der Waals surface area contributed by atoms with Crippen LogP contribution in [-0.4, -0.2) is 14.7 Å². The van der Waals surface area contributed by atoms with E-state index in [0.717, 1.165) is 35.4 Å². The summed E-state index contributed by atoms with van der Waals surface area (Å²) in [7, 11) is 1.93. The second-order valence-electron chi connectivity index (χ2n) is 5.37. The Hall–Kier alpha value is -2.17. The second kappa shape index (κ2) is 4.16. The van der Waals surface area contributed by atoms with Gasteiger partial charge in [-0.25, -0.2) is 9.37 Å². The van der Waals surface area contributed by atoms with Gasteiger partial charge < -0.3 is 9.09 Å². The molecule has 4 rings (SSSR count). The number of fused-ring (bicyclic) bond motifs is 1. The van der Waals surface area contributed by atoms with E-state index in [0.29, 0.717) is 11.4 Å². The van der Waals surface area contributed by atoms with Crippen LogP contribution in [0.2, 0.25) is 0 Å². The number of hydrogen-bond acceptors (Lipinski definition) is 3. The first kappa shape index (κ1) is 11.6. The molecule has 0 radical (unpaired) electrons. The first-order chi connectivity index (χ1) is 9.74. The smallest absolute Gasteiger partial charge is 0.146 e. The van der Waals surface area contributed by atoms with Crippen LogP contribution >= 0.6 is 0 Å². The Morgan fingerprint density at radius 3 is 2.95 bits per heavy atom. The van der Waals surface area contributed by atoms with Crippen molar-refractivity contribution in [2.45, 2.75) is 25.2 Å². The fourth-order valence-electron chi connectivity index (χ4n) is 2.80. The van der Waals surface area contributed by atoms with Crippen LogP contribution in [0.3, 0.4) is 0 Å². The number of imidazole rings is 1. The second-order valence-corrected chi connectivity index (χ2v) is 5.37. The Kier molecular flexibility index (Phi) is 2.42. The number of nitrogens with zero attached hydrogens (tertiary/aromatic N) is 3. The van der Waals surface area contributed by atoms with Gasteiger partial charge >= 0.3 is 0 Å². The summed E-state index contributed by atoms with van der Waals surface area (Å²) in [4.78, 5) is 4.54. The van der Waals surface area contributed by atoms with Crippen LogP contribution in [0.1, 0.15) is 30.9 Å². The van der Waals surface area contributed by atoms with E-state index in [-0.39, 0.29) is 5.82 Å². The van der Waals surface area contributed by atoms with E-state index in [2.05, 4.69) is 10.1 Å². The van der Waals surface area contributed by atoms with Gasteiger partial charge in [0.1, 0.15) is 17.9 Å². The third-order valence-corrected chi connectivity index (χ3v) is 4.17. The minimum atomic E-state index is -0.272. The largest absolute Gasteiger partial charge is 0.364 e. The van der Waals surface area contributed by atoms with Gasteiger partial charge in [-0.05, 0) is 25.0 Å². The van der Waals surface area contributed by atoms with E-state index in [1.54, 1.807) is 12.3 Å². The zero-order valence-corrected chi connectivity index (χ0v) is 11.1. The predicted molar refractivity (Wildman–Crippen MR) is 72.8 cm³/mol. The van der Waals surface area contributed by atoms with E-state index in [9.17, 15) is 4.39 Å². The lowest BCUT2D eigenvalue weighted by Gasteiger charge is -2.23. The molecule has 0 unspecified atom stereocenters. The molecular weight excluding hydrogens is 257 g/mol. The van der Waals surface area contributed by atoms with E-state index < -0.39 is 0 Å². The maximum absolute atomic E-state index is 13.3. The Balaban J connectivity index is 1.90. The number of halogens is 1. The molecule has 20 heavy (non-hydrogen) atoms. The fourth-order valence-corrected chi connectivity index (χ4v) is 2.80. The number of hydrogen-bond donors (Lipinski definition) is 0. The van der Waals surface area contributed by atoms with Crippen molar-refractivity contribution in [3.05, 3.63) is 36.0 Å². The Labute approximate surface area is 115 Å². The summed E-state index contributed by atoms with van der Waals surface area (Å²) < 4.78 is 20.4. The van der Waals surface area contributed by atoms with Crippen molar-refractivity contribution in [3.8, 4) is 11.4 Å². The van der Waals surface area contributed by atoms with Gasteiger partial charge in [-0.2, -0.15) is 0 Å². The van der Waals surface area contributed by atoms with E-state index in [4.69, 9.17) is 4.52 Å². The molecule has 5 heteroatoms. The van der Waals surface area contributed by atoms with Crippen LogP contribution in [0.4, 0.5) is 4.39 Å². The van der Waals surface area contributed by atoms with Gasteiger partial charge in [0, 0.05) is 19.0 Å². The van der Waals surface area contributed by atoms with Gasteiger partial charge in [0.15, 0.2) is 0 Å². The number of aromatic nitrogens is 3. The minimum absolute atomic E-state index is 0.272. The summed E-state index contributed by atoms with van der Waals surface area (Å²) in [5.41, 5.74) is 3.47. The van der Waals surface area contributed by atoms with Crippen molar-refractivity contribution in [2.75, 3.05) is 0 Å². The fraction of sp³-hybridized carbons (Fsp3) is 0.333. The summed E-state index contributed by atoms with van der Waals surface area (Å²) in [5, 5.41) is 4.14. The monoisotopic (exact) mass is 271 g/mol. The highest BCUT2D eigenvalue weighted by Crippen LogP contribution is 2.40. The topological polar surface area (TPSA) is 43.9 Å². The lowest BCUT2D eigenvalue weighted by molar-refractivity contribution is 0.363. The van der Waals surface area contributed by atoms with Crippen molar-refractivity contribution in [3.63, 3.8) is 0 Å². The lowest BCUT2D eigenvalue weighted by atomic mass is 9.81. The number of benzene rings is 1. The molecule has 102 valence electrons. The van der Waals surface area contributed by atoms with Crippen LogP contribution in [0, 0.1) is 5.82 Å². The van der Waals surface area contributed by atoms with Gasteiger partial charge in [-0.3, -0.25) is 0 Å². The molecule has 4 nitrogen and oxygen atoms in total. The van der Waals surface area contributed by atoms with E-state index in [1.165, 1.54) is 18.6 Å². The van der Waals surface area contributed by atoms with Crippen LogP contribution in [0.5, 0.6) is 0 Å².